The smallest absolute Gasteiger partial charge is 0.261 e. The predicted octanol–water partition coefficient (Wildman–Crippen LogP) is 1.90. The maximum Gasteiger partial charge on any atom is 0.261 e. The largest absolute Gasteiger partial charge is 0.375 e. The van der Waals surface area contributed by atoms with Crippen LogP contribution in [0.2, 0.25) is 0 Å². The van der Waals surface area contributed by atoms with Crippen molar-refractivity contribution < 1.29 is 17.9 Å². The van der Waals surface area contributed by atoms with Gasteiger partial charge >= 0.3 is 0 Å². The van der Waals surface area contributed by atoms with Crippen molar-refractivity contribution in [2.24, 2.45) is 0 Å². The summed E-state index contributed by atoms with van der Waals surface area (Å²) in [5, 5.41) is 7.07. The number of amides is 1. The lowest BCUT2D eigenvalue weighted by molar-refractivity contribution is -0.125. The molecule has 8 nitrogen and oxygen atoms in total. The third-order valence-electron chi connectivity index (χ3n) is 4.93. The number of fused-ring (bicyclic) bond motifs is 1. The predicted molar refractivity (Wildman–Crippen MR) is 112 cm³/mol. The highest BCUT2D eigenvalue weighted by Crippen LogP contribution is 2.26. The molecule has 30 heavy (non-hydrogen) atoms. The standard InChI is InChI=1S/C21H22N4O4S/c1-29-14-21(26)23-18-10-15-6-7-20(12-16(15)11-18)30(27,28)24-17-4-2-5-19(13-17)25-9-3-8-22-25/h2-9,12-13,18,24H,10-11,14H2,1H3,(H,23,26). The van der Waals surface area contributed by atoms with Crippen LogP contribution in [-0.2, 0) is 32.4 Å². The topological polar surface area (TPSA) is 102 Å². The quantitative estimate of drug-likeness (QED) is 0.601. The van der Waals surface area contributed by atoms with Crippen LogP contribution in [0, 0.1) is 0 Å². The van der Waals surface area contributed by atoms with Crippen LogP contribution in [0.25, 0.3) is 5.69 Å². The van der Waals surface area contributed by atoms with E-state index in [-0.39, 0.29) is 23.5 Å². The van der Waals surface area contributed by atoms with Gasteiger partial charge in [-0.25, -0.2) is 13.1 Å². The van der Waals surface area contributed by atoms with Gasteiger partial charge in [0.1, 0.15) is 6.61 Å². The van der Waals surface area contributed by atoms with Crippen molar-refractivity contribution in [2.45, 2.75) is 23.8 Å². The van der Waals surface area contributed by atoms with Crippen LogP contribution >= 0.6 is 0 Å². The normalized spacial score (nSPS) is 15.6. The molecule has 1 unspecified atom stereocenters. The molecular weight excluding hydrogens is 404 g/mol. The Labute approximate surface area is 174 Å². The van der Waals surface area contributed by atoms with E-state index >= 15 is 0 Å². The summed E-state index contributed by atoms with van der Waals surface area (Å²) in [7, 11) is -2.29. The number of benzene rings is 2. The van der Waals surface area contributed by atoms with E-state index in [2.05, 4.69) is 15.1 Å². The Hall–Kier alpha value is -3.17. The second-order valence-electron chi connectivity index (χ2n) is 7.14. The van der Waals surface area contributed by atoms with E-state index in [1.807, 2.05) is 12.1 Å². The molecule has 1 aliphatic rings. The number of hydrogen-bond donors (Lipinski definition) is 2. The lowest BCUT2D eigenvalue weighted by Gasteiger charge is -2.11. The van der Waals surface area contributed by atoms with Crippen molar-refractivity contribution in [1.29, 1.82) is 0 Å². The molecule has 9 heteroatoms. The molecule has 0 radical (unpaired) electrons. The zero-order valence-corrected chi connectivity index (χ0v) is 17.2. The number of hydrogen-bond acceptors (Lipinski definition) is 5. The Morgan fingerprint density at radius 2 is 2.00 bits per heavy atom. The molecular formula is C21H22N4O4S. The molecule has 2 N–H and O–H groups in total. The number of carbonyl (C=O) groups is 1. The summed E-state index contributed by atoms with van der Waals surface area (Å²) in [5.74, 6) is -0.179. The van der Waals surface area contributed by atoms with E-state index in [0.717, 1.165) is 16.8 Å². The van der Waals surface area contributed by atoms with Crippen LogP contribution in [0.4, 0.5) is 5.69 Å². The van der Waals surface area contributed by atoms with Crippen molar-refractivity contribution in [3.05, 3.63) is 72.1 Å². The summed E-state index contributed by atoms with van der Waals surface area (Å²) in [6, 6.07) is 13.9. The van der Waals surface area contributed by atoms with Crippen molar-refractivity contribution in [3.8, 4) is 5.69 Å². The average molecular weight is 426 g/mol. The first-order valence-corrected chi connectivity index (χ1v) is 11.0. The summed E-state index contributed by atoms with van der Waals surface area (Å²) < 4.78 is 35.0. The van der Waals surface area contributed by atoms with E-state index in [0.29, 0.717) is 18.5 Å². The molecule has 0 spiro atoms. The van der Waals surface area contributed by atoms with Crippen LogP contribution in [0.1, 0.15) is 11.1 Å². The Balaban J connectivity index is 1.50. The lowest BCUT2D eigenvalue weighted by Crippen LogP contribution is -2.37. The van der Waals surface area contributed by atoms with Gasteiger partial charge in [0.15, 0.2) is 0 Å². The third kappa shape index (κ3) is 4.37. The molecule has 0 fully saturated rings. The lowest BCUT2D eigenvalue weighted by atomic mass is 10.1. The number of carbonyl (C=O) groups excluding carboxylic acids is 1. The van der Waals surface area contributed by atoms with Crippen LogP contribution < -0.4 is 10.0 Å². The van der Waals surface area contributed by atoms with Gasteiger partial charge in [-0.1, -0.05) is 12.1 Å². The van der Waals surface area contributed by atoms with Gasteiger partial charge in [-0.05, 0) is 60.4 Å². The van der Waals surface area contributed by atoms with Crippen molar-refractivity contribution in [2.75, 3.05) is 18.4 Å². The van der Waals surface area contributed by atoms with Crippen LogP contribution in [0.3, 0.4) is 0 Å². The number of nitrogens with zero attached hydrogens (tertiary/aromatic N) is 2. The Morgan fingerprint density at radius 1 is 1.17 bits per heavy atom. The number of aromatic nitrogens is 2. The molecule has 1 aliphatic carbocycles. The Bertz CT molecular complexity index is 1160. The second kappa shape index (κ2) is 8.29. The van der Waals surface area contributed by atoms with Crippen molar-refractivity contribution in [1.82, 2.24) is 15.1 Å². The van der Waals surface area contributed by atoms with Gasteiger partial charge in [0.25, 0.3) is 10.0 Å². The van der Waals surface area contributed by atoms with Crippen LogP contribution in [0.15, 0.2) is 65.8 Å². The highest BCUT2D eigenvalue weighted by Gasteiger charge is 2.25. The van der Waals surface area contributed by atoms with Gasteiger partial charge < -0.3 is 10.1 Å². The number of anilines is 1. The van der Waals surface area contributed by atoms with E-state index in [1.54, 1.807) is 53.5 Å². The van der Waals surface area contributed by atoms with Gasteiger partial charge in [0.05, 0.1) is 16.3 Å². The summed E-state index contributed by atoms with van der Waals surface area (Å²) in [6.07, 6.45) is 4.70. The molecule has 1 heterocycles. The summed E-state index contributed by atoms with van der Waals surface area (Å²) in [6.45, 7) is 0.00793. The second-order valence-corrected chi connectivity index (χ2v) is 8.83. The first-order valence-electron chi connectivity index (χ1n) is 9.47. The minimum atomic E-state index is -3.76. The zero-order chi connectivity index (χ0) is 21.1. The maximum atomic E-state index is 12.9. The average Bonchev–Trinajstić information content (AvgIpc) is 3.37. The first kappa shape index (κ1) is 20.1. The van der Waals surface area contributed by atoms with Gasteiger partial charge in [0, 0.05) is 25.5 Å². The SMILES string of the molecule is COCC(=O)NC1Cc2ccc(S(=O)(=O)Nc3cccc(-n4cccn4)c3)cc2C1. The van der Waals surface area contributed by atoms with Crippen molar-refractivity contribution in [3.63, 3.8) is 0 Å². The monoisotopic (exact) mass is 426 g/mol. The molecule has 1 aromatic heterocycles. The number of methoxy groups -OCH3 is 1. The van der Waals surface area contributed by atoms with Gasteiger partial charge in [-0.15, -0.1) is 0 Å². The Kier molecular flexibility index (Phi) is 5.56. The van der Waals surface area contributed by atoms with E-state index in [1.165, 1.54) is 7.11 Å². The number of ether oxygens (including phenoxy) is 1. The highest BCUT2D eigenvalue weighted by atomic mass is 32.2. The molecule has 0 bridgehead atoms. The van der Waals surface area contributed by atoms with Crippen LogP contribution in [0.5, 0.6) is 0 Å². The molecule has 1 amide bonds. The van der Waals surface area contributed by atoms with Gasteiger partial charge in [-0.2, -0.15) is 5.10 Å². The minimum absolute atomic E-state index is 0.00793. The number of nitrogens with one attached hydrogen (secondary N) is 2. The van der Waals surface area contributed by atoms with Gasteiger partial charge in [0.2, 0.25) is 5.91 Å². The molecule has 156 valence electrons. The third-order valence-corrected chi connectivity index (χ3v) is 6.31. The molecule has 3 aromatic rings. The first-order chi connectivity index (χ1) is 14.4. The summed E-state index contributed by atoms with van der Waals surface area (Å²) in [5.41, 5.74) is 3.17. The fourth-order valence-electron chi connectivity index (χ4n) is 3.61. The van der Waals surface area contributed by atoms with E-state index < -0.39 is 10.0 Å². The van der Waals surface area contributed by atoms with Crippen LogP contribution in [-0.4, -0.2) is 43.9 Å². The maximum absolute atomic E-state index is 12.9. The van der Waals surface area contributed by atoms with E-state index in [9.17, 15) is 13.2 Å². The zero-order valence-electron chi connectivity index (χ0n) is 16.4. The molecule has 1 atom stereocenters. The van der Waals surface area contributed by atoms with Crippen molar-refractivity contribution >= 4 is 21.6 Å². The molecule has 0 aliphatic heterocycles. The number of rotatable bonds is 7. The summed E-state index contributed by atoms with van der Waals surface area (Å²) >= 11 is 0. The Morgan fingerprint density at radius 3 is 2.77 bits per heavy atom. The minimum Gasteiger partial charge on any atom is -0.375 e. The summed E-state index contributed by atoms with van der Waals surface area (Å²) in [4.78, 5) is 11.9. The van der Waals surface area contributed by atoms with E-state index in [4.69, 9.17) is 4.74 Å². The van der Waals surface area contributed by atoms with Gasteiger partial charge in [-0.3, -0.25) is 9.52 Å². The molecule has 0 saturated carbocycles. The fourth-order valence-corrected chi connectivity index (χ4v) is 4.71. The fraction of sp³-hybridized carbons (Fsp3) is 0.238. The molecule has 2 aromatic carbocycles. The number of sulfonamides is 1. The highest BCUT2D eigenvalue weighted by molar-refractivity contribution is 7.92. The molecule has 4 rings (SSSR count). The molecule has 0 saturated heterocycles.